The van der Waals surface area contributed by atoms with Crippen LogP contribution in [0.1, 0.15) is 67.5 Å². The van der Waals surface area contributed by atoms with E-state index < -0.39 is 10.0 Å². The number of benzene rings is 1. The number of carbonyl (C=O) groups excluding carboxylic acids is 1. The topological polar surface area (TPSA) is 87.0 Å². The maximum atomic E-state index is 13.6. The van der Waals surface area contributed by atoms with Gasteiger partial charge in [-0.15, -0.1) is 0 Å². The zero-order chi connectivity index (χ0) is 26.7. The number of piperidine rings is 1. The lowest BCUT2D eigenvalue weighted by atomic mass is 9.93. The number of carbonyl (C=O) groups is 1. The predicted molar refractivity (Wildman–Crippen MR) is 148 cm³/mol. The monoisotopic (exact) mass is 540 g/mol. The van der Waals surface area contributed by atoms with Gasteiger partial charge in [-0.05, 0) is 51.2 Å². The Hall–Kier alpha value is -2.49. The van der Waals surface area contributed by atoms with Crippen molar-refractivity contribution in [3.05, 3.63) is 46.8 Å². The molecule has 5 rings (SSSR count). The molecule has 1 amide bonds. The summed E-state index contributed by atoms with van der Waals surface area (Å²) < 4.78 is 34.1. The molecule has 1 saturated carbocycles. The highest BCUT2D eigenvalue weighted by Gasteiger charge is 2.37. The zero-order valence-electron chi connectivity index (χ0n) is 22.6. The number of aryl methyl sites for hydroxylation is 2. The second-order valence-electron chi connectivity index (χ2n) is 11.0. The minimum Gasteiger partial charge on any atom is -0.355 e. The van der Waals surface area contributed by atoms with E-state index in [0.29, 0.717) is 37.7 Å². The molecule has 1 aliphatic carbocycles. The second-order valence-corrected chi connectivity index (χ2v) is 12.9. The van der Waals surface area contributed by atoms with Gasteiger partial charge < -0.3 is 9.42 Å². The van der Waals surface area contributed by atoms with Gasteiger partial charge in [0.25, 0.3) is 0 Å². The van der Waals surface area contributed by atoms with E-state index in [9.17, 15) is 13.2 Å². The standard InChI is InChI=1S/C29H40N4O4S/c1-22-8-10-24(11-9-22)12-13-27-28(23(2)30-37-27)38(35,36)33-16-14-25(15-17-33)29(34)32-20-18-31(19-21-32)26-6-4-3-5-7-26/h8-13,25-26H,3-7,14-21H2,1-2H3. The Labute approximate surface area is 226 Å². The van der Waals surface area contributed by atoms with Crippen LogP contribution in [0.15, 0.2) is 33.7 Å². The molecule has 0 bridgehead atoms. The van der Waals surface area contributed by atoms with Crippen LogP contribution in [0.3, 0.4) is 0 Å². The summed E-state index contributed by atoms with van der Waals surface area (Å²) in [5.41, 5.74) is 2.46. The first-order valence-corrected chi connectivity index (χ1v) is 15.5. The highest BCUT2D eigenvalue weighted by atomic mass is 32.2. The molecule has 206 valence electrons. The van der Waals surface area contributed by atoms with Crippen molar-refractivity contribution in [1.82, 2.24) is 19.3 Å². The summed E-state index contributed by atoms with van der Waals surface area (Å²) in [6.45, 7) is 7.80. The molecule has 0 spiro atoms. The van der Waals surface area contributed by atoms with Crippen molar-refractivity contribution in [2.24, 2.45) is 5.92 Å². The summed E-state index contributed by atoms with van der Waals surface area (Å²) in [7, 11) is -3.79. The molecule has 3 heterocycles. The fraction of sp³-hybridized carbons (Fsp3) is 0.586. The first-order chi connectivity index (χ1) is 18.3. The van der Waals surface area contributed by atoms with E-state index in [1.807, 2.05) is 42.2 Å². The molecule has 3 aliphatic rings. The quantitative estimate of drug-likeness (QED) is 0.542. The first kappa shape index (κ1) is 27.1. The van der Waals surface area contributed by atoms with E-state index in [0.717, 1.165) is 37.3 Å². The Morgan fingerprint density at radius 2 is 1.55 bits per heavy atom. The molecular formula is C29H40N4O4S. The van der Waals surface area contributed by atoms with Crippen molar-refractivity contribution in [3.63, 3.8) is 0 Å². The smallest absolute Gasteiger partial charge is 0.248 e. The molecule has 2 saturated heterocycles. The molecule has 1 aromatic carbocycles. The third-order valence-electron chi connectivity index (χ3n) is 8.46. The van der Waals surface area contributed by atoms with E-state index >= 15 is 0 Å². The van der Waals surface area contributed by atoms with Crippen molar-refractivity contribution in [2.45, 2.75) is 69.7 Å². The van der Waals surface area contributed by atoms with Gasteiger partial charge in [-0.2, -0.15) is 4.31 Å². The molecule has 8 nitrogen and oxygen atoms in total. The summed E-state index contributed by atoms with van der Waals surface area (Å²) in [4.78, 5) is 18.0. The van der Waals surface area contributed by atoms with Crippen LogP contribution in [0.2, 0.25) is 0 Å². The van der Waals surface area contributed by atoms with Crippen molar-refractivity contribution in [2.75, 3.05) is 39.3 Å². The second kappa shape index (κ2) is 11.7. The summed E-state index contributed by atoms with van der Waals surface area (Å²) in [5, 5.41) is 3.95. The van der Waals surface area contributed by atoms with Crippen molar-refractivity contribution >= 4 is 28.1 Å². The normalized spacial score (nSPS) is 21.4. The fourth-order valence-electron chi connectivity index (χ4n) is 6.13. The molecule has 0 N–H and O–H groups in total. The van der Waals surface area contributed by atoms with E-state index in [4.69, 9.17) is 4.52 Å². The van der Waals surface area contributed by atoms with E-state index in [-0.39, 0.29) is 22.5 Å². The number of sulfonamides is 1. The Balaban J connectivity index is 1.18. The van der Waals surface area contributed by atoms with Crippen LogP contribution in [-0.4, -0.2) is 78.9 Å². The minimum atomic E-state index is -3.79. The number of hydrogen-bond donors (Lipinski definition) is 0. The van der Waals surface area contributed by atoms with Crippen LogP contribution in [0.5, 0.6) is 0 Å². The van der Waals surface area contributed by atoms with E-state index in [1.165, 1.54) is 36.4 Å². The third-order valence-corrected chi connectivity index (χ3v) is 10.5. The van der Waals surface area contributed by atoms with Crippen molar-refractivity contribution < 1.29 is 17.7 Å². The van der Waals surface area contributed by atoms with Crippen LogP contribution >= 0.6 is 0 Å². The fourth-order valence-corrected chi connectivity index (χ4v) is 7.85. The molecule has 0 radical (unpaired) electrons. The van der Waals surface area contributed by atoms with Crippen LogP contribution in [-0.2, 0) is 14.8 Å². The molecule has 2 aliphatic heterocycles. The van der Waals surface area contributed by atoms with Gasteiger partial charge in [0.1, 0.15) is 5.69 Å². The number of hydrogen-bond acceptors (Lipinski definition) is 6. The van der Waals surface area contributed by atoms with Crippen LogP contribution < -0.4 is 0 Å². The van der Waals surface area contributed by atoms with E-state index in [1.54, 1.807) is 13.0 Å². The Morgan fingerprint density at radius 3 is 2.21 bits per heavy atom. The summed E-state index contributed by atoms with van der Waals surface area (Å²) >= 11 is 0. The maximum Gasteiger partial charge on any atom is 0.248 e. The zero-order valence-corrected chi connectivity index (χ0v) is 23.5. The van der Waals surface area contributed by atoms with Crippen molar-refractivity contribution in [1.29, 1.82) is 0 Å². The Morgan fingerprint density at radius 1 is 0.895 bits per heavy atom. The molecule has 0 atom stereocenters. The van der Waals surface area contributed by atoms with Gasteiger partial charge in [-0.1, -0.05) is 60.3 Å². The van der Waals surface area contributed by atoms with Crippen LogP contribution in [0.4, 0.5) is 0 Å². The number of amides is 1. The highest BCUT2D eigenvalue weighted by molar-refractivity contribution is 7.89. The highest BCUT2D eigenvalue weighted by Crippen LogP contribution is 2.30. The Kier molecular flexibility index (Phi) is 8.35. The van der Waals surface area contributed by atoms with Gasteiger partial charge in [0.2, 0.25) is 15.9 Å². The van der Waals surface area contributed by atoms with Gasteiger partial charge in [0.15, 0.2) is 10.7 Å². The summed E-state index contributed by atoms with van der Waals surface area (Å²) in [5.74, 6) is 0.303. The van der Waals surface area contributed by atoms with Gasteiger partial charge in [-0.25, -0.2) is 8.42 Å². The lowest BCUT2D eigenvalue weighted by Gasteiger charge is -2.42. The lowest BCUT2D eigenvalue weighted by molar-refractivity contribution is -0.139. The first-order valence-electron chi connectivity index (χ1n) is 14.1. The van der Waals surface area contributed by atoms with E-state index in [2.05, 4.69) is 10.1 Å². The largest absolute Gasteiger partial charge is 0.355 e. The van der Waals surface area contributed by atoms with Crippen LogP contribution in [0.25, 0.3) is 12.2 Å². The molecule has 38 heavy (non-hydrogen) atoms. The van der Waals surface area contributed by atoms with Crippen LogP contribution in [0, 0.1) is 19.8 Å². The predicted octanol–water partition coefficient (Wildman–Crippen LogP) is 4.34. The number of aromatic nitrogens is 1. The average Bonchev–Trinajstić information content (AvgIpc) is 3.34. The molecule has 2 aromatic rings. The third kappa shape index (κ3) is 5.90. The molecular weight excluding hydrogens is 500 g/mol. The molecule has 3 fully saturated rings. The minimum absolute atomic E-state index is 0.115. The van der Waals surface area contributed by atoms with Gasteiger partial charge in [0.05, 0.1) is 0 Å². The number of rotatable bonds is 6. The summed E-state index contributed by atoms with van der Waals surface area (Å²) in [6, 6.07) is 8.64. The molecule has 0 unspecified atom stereocenters. The molecule has 1 aromatic heterocycles. The average molecular weight is 541 g/mol. The van der Waals surface area contributed by atoms with Gasteiger partial charge in [0, 0.05) is 51.2 Å². The SMILES string of the molecule is Cc1ccc(C=Cc2onc(C)c2S(=O)(=O)N2CCC(C(=O)N3CCN(C4CCCCC4)CC3)CC2)cc1. The lowest BCUT2D eigenvalue weighted by Crippen LogP contribution is -2.54. The number of nitrogens with zero attached hydrogens (tertiary/aromatic N) is 4. The summed E-state index contributed by atoms with van der Waals surface area (Å²) in [6.07, 6.45) is 11.2. The maximum absolute atomic E-state index is 13.6. The van der Waals surface area contributed by atoms with Gasteiger partial charge in [-0.3, -0.25) is 9.69 Å². The Bertz CT molecular complexity index is 1230. The van der Waals surface area contributed by atoms with Crippen molar-refractivity contribution in [3.8, 4) is 0 Å². The molecule has 9 heteroatoms. The number of piperazine rings is 1. The van der Waals surface area contributed by atoms with Gasteiger partial charge >= 0.3 is 0 Å².